The van der Waals surface area contributed by atoms with E-state index in [1.807, 2.05) is 12.3 Å². The van der Waals surface area contributed by atoms with E-state index in [2.05, 4.69) is 39.8 Å². The second kappa shape index (κ2) is 6.25. The predicted octanol–water partition coefficient (Wildman–Crippen LogP) is 2.75. The molecule has 1 atom stereocenters. The molecule has 1 unspecified atom stereocenters. The minimum absolute atomic E-state index is 0.0597. The van der Waals surface area contributed by atoms with Gasteiger partial charge in [0.2, 0.25) is 5.91 Å². The van der Waals surface area contributed by atoms with Gasteiger partial charge in [-0.1, -0.05) is 30.7 Å². The number of amidine groups is 1. The lowest BCUT2D eigenvalue weighted by Crippen LogP contribution is -2.31. The zero-order chi connectivity index (χ0) is 17.5. The van der Waals surface area contributed by atoms with Gasteiger partial charge in [-0.3, -0.25) is 4.79 Å². The summed E-state index contributed by atoms with van der Waals surface area (Å²) in [6, 6.07) is 9.27. The first-order valence-corrected chi connectivity index (χ1v) is 9.41. The van der Waals surface area contributed by atoms with Gasteiger partial charge < -0.3 is 15.5 Å². The summed E-state index contributed by atoms with van der Waals surface area (Å²) in [7, 11) is 0. The molecular formula is C21H22N4O. The van der Waals surface area contributed by atoms with Gasteiger partial charge in [0.15, 0.2) is 0 Å². The molecule has 4 aliphatic heterocycles. The van der Waals surface area contributed by atoms with E-state index < -0.39 is 0 Å². The van der Waals surface area contributed by atoms with Crippen molar-refractivity contribution in [3.05, 3.63) is 70.7 Å². The standard InChI is InChI=1S/C21H22N4O/c26-19-9-8-16-13-23-21(25-12-10-18(24-19)20(16)25)15-6-4-14(5-7-15)17-3-1-2-11-22-17/h4-9,13,17,22H,1-3,10-12H2,(H,24,26). The highest BCUT2D eigenvalue weighted by Gasteiger charge is 2.32. The van der Waals surface area contributed by atoms with Crippen molar-refractivity contribution in [2.45, 2.75) is 31.7 Å². The fraction of sp³-hybridized carbons (Fsp3) is 0.333. The molecule has 1 amide bonds. The molecule has 132 valence electrons. The van der Waals surface area contributed by atoms with Crippen LogP contribution in [0.25, 0.3) is 0 Å². The van der Waals surface area contributed by atoms with Crippen LogP contribution in [0.2, 0.25) is 0 Å². The molecule has 5 heteroatoms. The van der Waals surface area contributed by atoms with Crippen LogP contribution in [0.4, 0.5) is 0 Å². The molecule has 0 aromatic heterocycles. The predicted molar refractivity (Wildman–Crippen MR) is 101 cm³/mol. The Hall–Kier alpha value is -2.66. The quantitative estimate of drug-likeness (QED) is 0.866. The van der Waals surface area contributed by atoms with E-state index in [0.29, 0.717) is 6.04 Å². The Morgan fingerprint density at radius 2 is 2.00 bits per heavy atom. The highest BCUT2D eigenvalue weighted by molar-refractivity contribution is 6.02. The van der Waals surface area contributed by atoms with Crippen LogP contribution in [-0.2, 0) is 4.79 Å². The summed E-state index contributed by atoms with van der Waals surface area (Å²) < 4.78 is 0. The maximum absolute atomic E-state index is 11.8. The van der Waals surface area contributed by atoms with Gasteiger partial charge in [-0.15, -0.1) is 0 Å². The molecule has 0 radical (unpaired) electrons. The molecule has 0 aliphatic carbocycles. The average Bonchev–Trinajstić information content (AvgIpc) is 3.03. The summed E-state index contributed by atoms with van der Waals surface area (Å²) >= 11 is 0. The Morgan fingerprint density at radius 3 is 2.81 bits per heavy atom. The van der Waals surface area contributed by atoms with E-state index in [9.17, 15) is 4.79 Å². The summed E-state index contributed by atoms with van der Waals surface area (Å²) in [4.78, 5) is 18.8. The van der Waals surface area contributed by atoms with Crippen LogP contribution in [0.5, 0.6) is 0 Å². The fourth-order valence-corrected chi connectivity index (χ4v) is 4.25. The molecule has 0 bridgehead atoms. The number of allylic oxidation sites excluding steroid dienone is 1. The number of nitrogens with zero attached hydrogens (tertiary/aromatic N) is 2. The van der Waals surface area contributed by atoms with Gasteiger partial charge >= 0.3 is 0 Å². The summed E-state index contributed by atoms with van der Waals surface area (Å²) in [5.74, 6) is 0.905. The Labute approximate surface area is 153 Å². The number of hydrogen-bond acceptors (Lipinski definition) is 4. The smallest absolute Gasteiger partial charge is 0.248 e. The molecule has 1 saturated heterocycles. The van der Waals surface area contributed by atoms with E-state index >= 15 is 0 Å². The van der Waals surface area contributed by atoms with E-state index in [-0.39, 0.29) is 5.91 Å². The number of carbonyl (C=O) groups excluding carboxylic acids is 1. The summed E-state index contributed by atoms with van der Waals surface area (Å²) in [5.41, 5.74) is 5.57. The summed E-state index contributed by atoms with van der Waals surface area (Å²) in [6.07, 6.45) is 9.92. The number of nitrogens with one attached hydrogen (secondary N) is 2. The van der Waals surface area contributed by atoms with E-state index in [4.69, 9.17) is 4.99 Å². The van der Waals surface area contributed by atoms with Crippen molar-refractivity contribution in [1.82, 2.24) is 15.5 Å². The second-order valence-electron chi connectivity index (χ2n) is 7.21. The van der Waals surface area contributed by atoms with Crippen LogP contribution in [0, 0.1) is 0 Å². The maximum Gasteiger partial charge on any atom is 0.248 e. The van der Waals surface area contributed by atoms with Crippen LogP contribution < -0.4 is 10.6 Å². The van der Waals surface area contributed by atoms with Crippen LogP contribution in [-0.4, -0.2) is 29.7 Å². The molecule has 5 rings (SSSR count). The number of piperidine rings is 1. The Morgan fingerprint density at radius 1 is 1.12 bits per heavy atom. The zero-order valence-electron chi connectivity index (χ0n) is 14.7. The van der Waals surface area contributed by atoms with Crippen molar-refractivity contribution in [1.29, 1.82) is 0 Å². The van der Waals surface area contributed by atoms with Gasteiger partial charge in [0, 0.05) is 48.1 Å². The van der Waals surface area contributed by atoms with Crippen LogP contribution in [0.1, 0.15) is 42.9 Å². The van der Waals surface area contributed by atoms with Gasteiger partial charge in [0.1, 0.15) is 5.84 Å². The molecule has 5 nitrogen and oxygen atoms in total. The number of hydrogen-bond donors (Lipinski definition) is 2. The molecule has 1 aromatic carbocycles. The number of aliphatic imine (C=N–C) groups is 1. The van der Waals surface area contributed by atoms with Gasteiger partial charge in [-0.25, -0.2) is 4.99 Å². The van der Waals surface area contributed by atoms with Crippen molar-refractivity contribution < 1.29 is 4.79 Å². The minimum atomic E-state index is -0.0597. The molecule has 26 heavy (non-hydrogen) atoms. The molecule has 0 spiro atoms. The normalized spacial score (nSPS) is 24.7. The van der Waals surface area contributed by atoms with Crippen molar-refractivity contribution in [2.24, 2.45) is 4.99 Å². The highest BCUT2D eigenvalue weighted by Crippen LogP contribution is 2.34. The minimum Gasteiger partial charge on any atom is -0.324 e. The van der Waals surface area contributed by atoms with E-state index in [1.54, 1.807) is 6.08 Å². The van der Waals surface area contributed by atoms with Gasteiger partial charge in [0.25, 0.3) is 0 Å². The first-order chi connectivity index (χ1) is 12.8. The zero-order valence-corrected chi connectivity index (χ0v) is 14.7. The van der Waals surface area contributed by atoms with Gasteiger partial charge in [0.05, 0.1) is 5.70 Å². The summed E-state index contributed by atoms with van der Waals surface area (Å²) in [5, 5.41) is 6.61. The number of benzene rings is 1. The van der Waals surface area contributed by atoms with Crippen LogP contribution in [0.3, 0.4) is 0 Å². The lowest BCUT2D eigenvalue weighted by Gasteiger charge is -2.28. The first-order valence-electron chi connectivity index (χ1n) is 9.41. The van der Waals surface area contributed by atoms with Gasteiger partial charge in [-0.05, 0) is 31.0 Å². The molecule has 4 aliphatic rings. The number of carbonyl (C=O) groups is 1. The first kappa shape index (κ1) is 15.6. The largest absolute Gasteiger partial charge is 0.324 e. The third kappa shape index (κ3) is 2.59. The lowest BCUT2D eigenvalue weighted by atomic mass is 9.96. The fourth-order valence-electron chi connectivity index (χ4n) is 4.25. The second-order valence-corrected chi connectivity index (χ2v) is 7.21. The number of amides is 1. The maximum atomic E-state index is 11.8. The lowest BCUT2D eigenvalue weighted by molar-refractivity contribution is -0.115. The molecule has 2 N–H and O–H groups in total. The topological polar surface area (TPSA) is 56.7 Å². The van der Waals surface area contributed by atoms with E-state index in [0.717, 1.165) is 47.9 Å². The third-order valence-electron chi connectivity index (χ3n) is 5.57. The molecule has 1 aromatic rings. The molecule has 4 heterocycles. The monoisotopic (exact) mass is 346 g/mol. The Balaban J connectivity index is 1.46. The van der Waals surface area contributed by atoms with Crippen molar-refractivity contribution >= 4 is 11.7 Å². The van der Waals surface area contributed by atoms with Crippen LogP contribution >= 0.6 is 0 Å². The van der Waals surface area contributed by atoms with E-state index in [1.165, 1.54) is 24.8 Å². The third-order valence-corrected chi connectivity index (χ3v) is 5.57. The highest BCUT2D eigenvalue weighted by atomic mass is 16.1. The Kier molecular flexibility index (Phi) is 3.75. The SMILES string of the molecule is O=C1C=CC2=CN=C(c3ccc(C4CCCCN4)cc3)N3CCC(=C23)N1. The van der Waals surface area contributed by atoms with Crippen LogP contribution in [0.15, 0.2) is 64.6 Å². The van der Waals surface area contributed by atoms with Crippen molar-refractivity contribution in [3.8, 4) is 0 Å². The van der Waals surface area contributed by atoms with Gasteiger partial charge in [-0.2, -0.15) is 0 Å². The molecular weight excluding hydrogens is 324 g/mol. The summed E-state index contributed by atoms with van der Waals surface area (Å²) in [6.45, 7) is 1.96. The molecule has 0 saturated carbocycles. The Bertz CT molecular complexity index is 870. The van der Waals surface area contributed by atoms with Crippen molar-refractivity contribution in [3.63, 3.8) is 0 Å². The molecule has 1 fully saturated rings. The van der Waals surface area contributed by atoms with Crippen molar-refractivity contribution in [2.75, 3.05) is 13.1 Å². The number of rotatable bonds is 2. The average molecular weight is 346 g/mol.